The average Bonchev–Trinajstić information content (AvgIpc) is 3.13. The number of aliphatic hydroxyl groups is 3. The Bertz CT molecular complexity index is 1030. The van der Waals surface area contributed by atoms with Crippen LogP contribution in [0.25, 0.3) is 0 Å². The largest absolute Gasteiger partial charge is 0.508 e. The van der Waals surface area contributed by atoms with Crippen LogP contribution in [-0.2, 0) is 20.6 Å². The number of methoxy groups -OCH3 is 2. The molecule has 12 heteroatoms. The molecule has 0 spiro atoms. The van der Waals surface area contributed by atoms with E-state index in [1.165, 1.54) is 19.2 Å². The van der Waals surface area contributed by atoms with Crippen molar-refractivity contribution >= 4 is 6.16 Å². The highest BCUT2D eigenvalue weighted by Crippen LogP contribution is 2.31. The topological polar surface area (TPSA) is 142 Å². The molecule has 0 saturated carbocycles. The second-order valence-corrected chi connectivity index (χ2v) is 8.45. The van der Waals surface area contributed by atoms with Crippen molar-refractivity contribution in [3.63, 3.8) is 0 Å². The number of aliphatic hydroxyl groups excluding tert-OH is 3. The third kappa shape index (κ3) is 5.84. The maximum absolute atomic E-state index is 14.3. The van der Waals surface area contributed by atoms with Gasteiger partial charge in [-0.25, -0.2) is 9.18 Å². The standard InChI is InChI=1S/C23H31FN2O9/c1-11(2)26-12(3)14(8-13-6-7-16(31-4)15(24)9-13)21(25-26)35-22-20(29)19(28)18(27)17(34-22)10-33-23(30)32-5/h6-7,9,11,17-20,22,27-29H,8,10H2,1-5H3/t17-,18?,19+,20-,22+/m1/s1. The van der Waals surface area contributed by atoms with Gasteiger partial charge in [-0.1, -0.05) is 6.07 Å². The van der Waals surface area contributed by atoms with Crippen LogP contribution in [0.3, 0.4) is 0 Å². The Hall–Kier alpha value is -2.93. The van der Waals surface area contributed by atoms with Gasteiger partial charge in [-0.05, 0) is 38.5 Å². The van der Waals surface area contributed by atoms with E-state index in [1.807, 2.05) is 20.8 Å². The number of carbonyl (C=O) groups excluding carboxylic acids is 1. The molecule has 0 amide bonds. The van der Waals surface area contributed by atoms with Crippen LogP contribution in [0.1, 0.15) is 36.7 Å². The average molecular weight is 499 g/mol. The lowest BCUT2D eigenvalue weighted by Crippen LogP contribution is -2.60. The van der Waals surface area contributed by atoms with Crippen molar-refractivity contribution in [1.82, 2.24) is 9.78 Å². The maximum atomic E-state index is 14.3. The minimum absolute atomic E-state index is 0.0375. The predicted molar refractivity (Wildman–Crippen MR) is 119 cm³/mol. The zero-order valence-electron chi connectivity index (χ0n) is 20.2. The van der Waals surface area contributed by atoms with Gasteiger partial charge in [0.15, 0.2) is 11.6 Å². The van der Waals surface area contributed by atoms with Crippen LogP contribution in [0.5, 0.6) is 11.6 Å². The fraction of sp³-hybridized carbons (Fsp3) is 0.565. The Balaban J connectivity index is 1.88. The van der Waals surface area contributed by atoms with Crippen molar-refractivity contribution in [3.8, 4) is 11.6 Å². The minimum atomic E-state index is -1.65. The molecule has 1 aromatic carbocycles. The van der Waals surface area contributed by atoms with E-state index >= 15 is 0 Å². The molecule has 1 unspecified atom stereocenters. The number of halogens is 1. The number of rotatable bonds is 8. The van der Waals surface area contributed by atoms with E-state index in [-0.39, 0.29) is 24.1 Å². The van der Waals surface area contributed by atoms with E-state index in [2.05, 4.69) is 9.84 Å². The summed E-state index contributed by atoms with van der Waals surface area (Å²) in [5.41, 5.74) is 1.99. The summed E-state index contributed by atoms with van der Waals surface area (Å²) in [5.74, 6) is -0.294. The van der Waals surface area contributed by atoms with Crippen molar-refractivity contribution < 1.29 is 48.2 Å². The number of benzene rings is 1. The maximum Gasteiger partial charge on any atom is 0.508 e. The van der Waals surface area contributed by atoms with Crippen LogP contribution in [0, 0.1) is 12.7 Å². The SMILES string of the molecule is COC(=O)OC[C@H]1O[C@@H](Oc2nn(C(C)C)c(C)c2Cc2ccc(OC)c(F)c2)[C@H](O)[C@@H](O)C1O. The van der Waals surface area contributed by atoms with E-state index in [1.54, 1.807) is 10.7 Å². The molecule has 1 saturated heterocycles. The molecule has 2 heterocycles. The molecule has 1 aromatic heterocycles. The molecule has 0 bridgehead atoms. The number of ether oxygens (including phenoxy) is 5. The van der Waals surface area contributed by atoms with Crippen molar-refractivity contribution in [3.05, 3.63) is 40.8 Å². The monoisotopic (exact) mass is 498 g/mol. The number of hydrogen-bond donors (Lipinski definition) is 3. The van der Waals surface area contributed by atoms with E-state index in [4.69, 9.17) is 18.9 Å². The quantitative estimate of drug-likeness (QED) is 0.458. The van der Waals surface area contributed by atoms with E-state index in [0.29, 0.717) is 11.1 Å². The lowest BCUT2D eigenvalue weighted by Gasteiger charge is -2.39. The first-order valence-corrected chi connectivity index (χ1v) is 11.0. The molecule has 5 atom stereocenters. The highest BCUT2D eigenvalue weighted by atomic mass is 19.1. The zero-order valence-corrected chi connectivity index (χ0v) is 20.2. The molecular formula is C23H31FN2O9. The molecule has 2 aromatic rings. The van der Waals surface area contributed by atoms with Gasteiger partial charge in [0.25, 0.3) is 0 Å². The number of nitrogens with zero attached hydrogens (tertiary/aromatic N) is 2. The smallest absolute Gasteiger partial charge is 0.494 e. The number of carbonyl (C=O) groups is 1. The van der Waals surface area contributed by atoms with Gasteiger partial charge in [-0.3, -0.25) is 4.68 Å². The van der Waals surface area contributed by atoms with Crippen LogP contribution in [-0.4, -0.2) is 82.8 Å². The van der Waals surface area contributed by atoms with E-state index < -0.39 is 49.3 Å². The van der Waals surface area contributed by atoms with E-state index in [9.17, 15) is 24.5 Å². The van der Waals surface area contributed by atoms with Crippen molar-refractivity contribution in [2.45, 2.75) is 63.9 Å². The lowest BCUT2D eigenvalue weighted by atomic mass is 9.99. The fourth-order valence-corrected chi connectivity index (χ4v) is 3.82. The number of aromatic nitrogens is 2. The van der Waals surface area contributed by atoms with Crippen molar-refractivity contribution in [2.75, 3.05) is 20.8 Å². The van der Waals surface area contributed by atoms with Crippen molar-refractivity contribution in [2.24, 2.45) is 0 Å². The summed E-state index contributed by atoms with van der Waals surface area (Å²) < 4.78 is 41.6. The molecule has 1 aliphatic rings. The third-order valence-corrected chi connectivity index (χ3v) is 5.75. The summed E-state index contributed by atoms with van der Waals surface area (Å²) in [5, 5.41) is 35.5. The van der Waals surface area contributed by atoms with Crippen LogP contribution < -0.4 is 9.47 Å². The molecular weight excluding hydrogens is 467 g/mol. The van der Waals surface area contributed by atoms with Crippen LogP contribution in [0.4, 0.5) is 9.18 Å². The van der Waals surface area contributed by atoms with Gasteiger partial charge >= 0.3 is 6.16 Å². The summed E-state index contributed by atoms with van der Waals surface area (Å²) in [6.07, 6.45) is -8.23. The van der Waals surface area contributed by atoms with Gasteiger partial charge in [-0.2, -0.15) is 0 Å². The van der Waals surface area contributed by atoms with Gasteiger partial charge in [0, 0.05) is 23.7 Å². The molecule has 0 aliphatic carbocycles. The van der Waals surface area contributed by atoms with Gasteiger partial charge in [-0.15, -0.1) is 5.10 Å². The minimum Gasteiger partial charge on any atom is -0.494 e. The normalized spacial score (nSPS) is 24.3. The first-order chi connectivity index (χ1) is 16.6. The molecule has 1 fully saturated rings. The molecule has 1 aliphatic heterocycles. The second kappa shape index (κ2) is 11.2. The molecule has 0 radical (unpaired) electrons. The zero-order chi connectivity index (χ0) is 25.9. The summed E-state index contributed by atoms with van der Waals surface area (Å²) in [6, 6.07) is 4.54. The summed E-state index contributed by atoms with van der Waals surface area (Å²) >= 11 is 0. The molecule has 3 N–H and O–H groups in total. The summed E-state index contributed by atoms with van der Waals surface area (Å²) in [4.78, 5) is 11.3. The van der Waals surface area contributed by atoms with Gasteiger partial charge in [0.1, 0.15) is 31.0 Å². The Labute approximate surface area is 201 Å². The number of hydrogen-bond acceptors (Lipinski definition) is 10. The van der Waals surface area contributed by atoms with Crippen LogP contribution in [0.15, 0.2) is 18.2 Å². The first kappa shape index (κ1) is 26.7. The van der Waals surface area contributed by atoms with E-state index in [0.717, 1.165) is 12.8 Å². The highest BCUT2D eigenvalue weighted by Gasteiger charge is 2.46. The van der Waals surface area contributed by atoms with Crippen LogP contribution in [0.2, 0.25) is 0 Å². The third-order valence-electron chi connectivity index (χ3n) is 5.75. The van der Waals surface area contributed by atoms with Gasteiger partial charge < -0.3 is 39.0 Å². The Morgan fingerprint density at radius 3 is 2.51 bits per heavy atom. The van der Waals surface area contributed by atoms with Crippen molar-refractivity contribution in [1.29, 1.82) is 0 Å². The highest BCUT2D eigenvalue weighted by molar-refractivity contribution is 5.59. The van der Waals surface area contributed by atoms with Gasteiger partial charge in [0.05, 0.1) is 14.2 Å². The fourth-order valence-electron chi connectivity index (χ4n) is 3.82. The molecule has 194 valence electrons. The lowest BCUT2D eigenvalue weighted by molar-refractivity contribution is -0.278. The summed E-state index contributed by atoms with van der Waals surface area (Å²) in [7, 11) is 2.50. The Morgan fingerprint density at radius 1 is 1.20 bits per heavy atom. The van der Waals surface area contributed by atoms with Crippen LogP contribution >= 0.6 is 0 Å². The Kier molecular flexibility index (Phi) is 8.54. The molecule has 3 rings (SSSR count). The predicted octanol–water partition coefficient (Wildman–Crippen LogP) is 1.48. The molecule has 11 nitrogen and oxygen atoms in total. The second-order valence-electron chi connectivity index (χ2n) is 8.45. The molecule has 35 heavy (non-hydrogen) atoms. The van der Waals surface area contributed by atoms with Gasteiger partial charge in [0.2, 0.25) is 12.2 Å². The Morgan fingerprint density at radius 2 is 1.91 bits per heavy atom. The summed E-state index contributed by atoms with van der Waals surface area (Å²) in [6.45, 7) is 5.23. The first-order valence-electron chi connectivity index (χ1n) is 11.0.